The van der Waals surface area contributed by atoms with Gasteiger partial charge in [-0.3, -0.25) is 19.3 Å². The Kier molecular flexibility index (Phi) is 11.7. The van der Waals surface area contributed by atoms with E-state index in [0.29, 0.717) is 32.7 Å². The maximum Gasteiger partial charge on any atom is 0.320 e. The van der Waals surface area contributed by atoms with Crippen LogP contribution in [0.5, 0.6) is 0 Å². The fourth-order valence-electron chi connectivity index (χ4n) is 5.71. The van der Waals surface area contributed by atoms with Crippen molar-refractivity contribution in [3.05, 3.63) is 72.3 Å². The molecule has 4 rings (SSSR count). The van der Waals surface area contributed by atoms with Crippen molar-refractivity contribution in [3.63, 3.8) is 0 Å². The van der Waals surface area contributed by atoms with Gasteiger partial charge < -0.3 is 18.9 Å². The molecule has 0 radical (unpaired) electrons. The zero-order chi connectivity index (χ0) is 29.0. The number of morpholine rings is 1. The van der Waals surface area contributed by atoms with E-state index in [1.807, 2.05) is 30.4 Å². The standard InChI is InChI=1S/C33H41NO7/c1-3-40-33(37)28(32(36)38-2)13-9-5-8-12-27-30(22-29(35)31(27)34-18-20-39-21-19-34)41-23-24-14-16-26(17-15-24)25-10-6-4-7-11-25/h4-7,9-11,14-17,27-28,30-31H,3,8,12-13,18-23H2,1-2H3/t27-,28?,30-,31+/m0/s1. The molecular formula is C33H41NO7. The maximum absolute atomic E-state index is 13.2. The van der Waals surface area contributed by atoms with Crippen LogP contribution in [0.25, 0.3) is 11.1 Å². The average molecular weight is 564 g/mol. The summed E-state index contributed by atoms with van der Waals surface area (Å²) >= 11 is 0. The monoisotopic (exact) mass is 563 g/mol. The van der Waals surface area contributed by atoms with Crippen LogP contribution in [0.15, 0.2) is 66.7 Å². The number of carbonyl (C=O) groups is 3. The van der Waals surface area contributed by atoms with E-state index < -0.39 is 17.9 Å². The number of ether oxygens (including phenoxy) is 4. The summed E-state index contributed by atoms with van der Waals surface area (Å²) in [4.78, 5) is 39.7. The van der Waals surface area contributed by atoms with Crippen molar-refractivity contribution in [1.82, 2.24) is 4.90 Å². The molecule has 41 heavy (non-hydrogen) atoms. The molecule has 1 heterocycles. The number of esters is 2. The lowest BCUT2D eigenvalue weighted by Crippen LogP contribution is -2.49. The van der Waals surface area contributed by atoms with Gasteiger partial charge in [0.05, 0.1) is 45.7 Å². The van der Waals surface area contributed by atoms with Crippen LogP contribution in [-0.2, 0) is 39.9 Å². The normalized spacial score (nSPS) is 22.1. The molecule has 0 amide bonds. The quantitative estimate of drug-likeness (QED) is 0.198. The van der Waals surface area contributed by atoms with Gasteiger partial charge in [-0.25, -0.2) is 0 Å². The Morgan fingerprint density at radius 1 is 1.00 bits per heavy atom. The van der Waals surface area contributed by atoms with Crippen molar-refractivity contribution in [2.75, 3.05) is 40.0 Å². The molecule has 4 atom stereocenters. The van der Waals surface area contributed by atoms with Crippen molar-refractivity contribution in [2.24, 2.45) is 11.8 Å². The minimum absolute atomic E-state index is 0.0373. The van der Waals surface area contributed by atoms with Crippen molar-refractivity contribution in [1.29, 1.82) is 0 Å². The average Bonchev–Trinajstić information content (AvgIpc) is 3.33. The number of hydrogen-bond acceptors (Lipinski definition) is 8. The minimum atomic E-state index is -0.977. The summed E-state index contributed by atoms with van der Waals surface area (Å²) in [5.74, 6) is -1.90. The van der Waals surface area contributed by atoms with Gasteiger partial charge in [0.1, 0.15) is 0 Å². The maximum atomic E-state index is 13.2. The Labute approximate surface area is 242 Å². The largest absolute Gasteiger partial charge is 0.468 e. The molecule has 8 nitrogen and oxygen atoms in total. The summed E-state index contributed by atoms with van der Waals surface area (Å²) in [6.07, 6.45) is 5.66. The number of hydrogen-bond donors (Lipinski definition) is 0. The summed E-state index contributed by atoms with van der Waals surface area (Å²) < 4.78 is 21.7. The predicted octanol–water partition coefficient (Wildman–Crippen LogP) is 4.61. The number of nitrogens with zero attached hydrogens (tertiary/aromatic N) is 1. The lowest BCUT2D eigenvalue weighted by Gasteiger charge is -2.35. The molecule has 1 saturated carbocycles. The molecule has 0 bridgehead atoms. The highest BCUT2D eigenvalue weighted by Gasteiger charge is 2.45. The number of allylic oxidation sites excluding steroid dienone is 2. The Hall–Kier alpha value is -3.33. The number of rotatable bonds is 13. The first-order chi connectivity index (χ1) is 20.0. The van der Waals surface area contributed by atoms with Crippen molar-refractivity contribution < 1.29 is 33.3 Å². The molecular weight excluding hydrogens is 522 g/mol. The predicted molar refractivity (Wildman–Crippen MR) is 155 cm³/mol. The van der Waals surface area contributed by atoms with Crippen LogP contribution in [0.3, 0.4) is 0 Å². The van der Waals surface area contributed by atoms with Gasteiger partial charge in [0.2, 0.25) is 0 Å². The Morgan fingerprint density at radius 3 is 2.39 bits per heavy atom. The second-order valence-electron chi connectivity index (χ2n) is 10.5. The van der Waals surface area contributed by atoms with Crippen LogP contribution < -0.4 is 0 Å². The van der Waals surface area contributed by atoms with E-state index in [1.165, 1.54) is 12.7 Å². The molecule has 2 aliphatic rings. The molecule has 1 unspecified atom stereocenters. The van der Waals surface area contributed by atoms with Crippen molar-refractivity contribution >= 4 is 17.7 Å². The van der Waals surface area contributed by atoms with Gasteiger partial charge in [-0.05, 0) is 42.9 Å². The first-order valence-electron chi connectivity index (χ1n) is 14.5. The van der Waals surface area contributed by atoms with Crippen LogP contribution >= 0.6 is 0 Å². The molecule has 0 N–H and O–H groups in total. The second kappa shape index (κ2) is 15.6. The molecule has 2 aromatic carbocycles. The zero-order valence-electron chi connectivity index (χ0n) is 24.0. The van der Waals surface area contributed by atoms with E-state index in [0.717, 1.165) is 30.6 Å². The van der Waals surface area contributed by atoms with Crippen LogP contribution in [0.2, 0.25) is 0 Å². The molecule has 2 aromatic rings. The summed E-state index contributed by atoms with van der Waals surface area (Å²) in [5, 5.41) is 0. The van der Waals surface area contributed by atoms with Crippen LogP contribution in [0, 0.1) is 11.8 Å². The highest BCUT2D eigenvalue weighted by atomic mass is 16.5. The van der Waals surface area contributed by atoms with E-state index in [2.05, 4.69) is 41.3 Å². The third-order valence-corrected chi connectivity index (χ3v) is 7.84. The summed E-state index contributed by atoms with van der Waals surface area (Å²) in [7, 11) is 1.26. The number of benzene rings is 2. The third kappa shape index (κ3) is 8.35. The molecule has 1 aliphatic carbocycles. The van der Waals surface area contributed by atoms with Gasteiger partial charge in [0, 0.05) is 25.4 Å². The Morgan fingerprint density at radius 2 is 1.71 bits per heavy atom. The fraction of sp³-hybridized carbons (Fsp3) is 0.485. The molecule has 0 spiro atoms. The summed E-state index contributed by atoms with van der Waals surface area (Å²) in [5.41, 5.74) is 3.39. The molecule has 220 valence electrons. The summed E-state index contributed by atoms with van der Waals surface area (Å²) in [6.45, 7) is 5.06. The number of ketones is 1. The van der Waals surface area contributed by atoms with Gasteiger partial charge >= 0.3 is 11.9 Å². The van der Waals surface area contributed by atoms with Gasteiger partial charge in [-0.2, -0.15) is 0 Å². The minimum Gasteiger partial charge on any atom is -0.468 e. The highest BCUT2D eigenvalue weighted by molar-refractivity contribution is 5.95. The van der Waals surface area contributed by atoms with E-state index in [1.54, 1.807) is 6.92 Å². The fourth-order valence-corrected chi connectivity index (χ4v) is 5.71. The van der Waals surface area contributed by atoms with Crippen LogP contribution in [-0.4, -0.2) is 74.8 Å². The first kappa shape index (κ1) is 30.6. The van der Waals surface area contributed by atoms with E-state index in [-0.39, 0.29) is 36.9 Å². The Bertz CT molecular complexity index is 1160. The lowest BCUT2D eigenvalue weighted by molar-refractivity contribution is -0.160. The highest BCUT2D eigenvalue weighted by Crippen LogP contribution is 2.35. The van der Waals surface area contributed by atoms with Gasteiger partial charge in [0.15, 0.2) is 11.7 Å². The van der Waals surface area contributed by atoms with Crippen LogP contribution in [0.4, 0.5) is 0 Å². The topological polar surface area (TPSA) is 91.4 Å². The molecule has 8 heteroatoms. The molecule has 1 saturated heterocycles. The van der Waals surface area contributed by atoms with Crippen molar-refractivity contribution in [2.45, 2.75) is 51.4 Å². The molecule has 2 fully saturated rings. The lowest BCUT2D eigenvalue weighted by atomic mass is 9.93. The van der Waals surface area contributed by atoms with Crippen LogP contribution in [0.1, 0.15) is 38.2 Å². The molecule has 1 aliphatic heterocycles. The third-order valence-electron chi connectivity index (χ3n) is 7.84. The Balaban J connectivity index is 1.38. The van der Waals surface area contributed by atoms with Gasteiger partial charge in [-0.15, -0.1) is 0 Å². The first-order valence-corrected chi connectivity index (χ1v) is 14.5. The van der Waals surface area contributed by atoms with E-state index >= 15 is 0 Å². The van der Waals surface area contributed by atoms with Gasteiger partial charge in [-0.1, -0.05) is 66.7 Å². The van der Waals surface area contributed by atoms with E-state index in [9.17, 15) is 14.4 Å². The van der Waals surface area contributed by atoms with E-state index in [4.69, 9.17) is 18.9 Å². The second-order valence-corrected chi connectivity index (χ2v) is 10.5. The SMILES string of the molecule is CCOC(=O)C(CC=CCC[C@H]1[C@@H](OCc2ccc(-c3ccccc3)cc2)CC(=O)[C@@H]1N1CCOCC1)C(=O)OC. The summed E-state index contributed by atoms with van der Waals surface area (Å²) in [6, 6.07) is 18.4. The molecule has 0 aromatic heterocycles. The van der Waals surface area contributed by atoms with Crippen molar-refractivity contribution in [3.8, 4) is 11.1 Å². The number of carbonyl (C=O) groups excluding carboxylic acids is 3. The van der Waals surface area contributed by atoms with Gasteiger partial charge in [0.25, 0.3) is 0 Å². The zero-order valence-corrected chi connectivity index (χ0v) is 24.0. The number of methoxy groups -OCH3 is 1. The smallest absolute Gasteiger partial charge is 0.320 e. The number of Topliss-reactive ketones (excluding diaryl/α,β-unsaturated/α-hetero) is 1.